The lowest BCUT2D eigenvalue weighted by atomic mass is 10.3. The third-order valence-corrected chi connectivity index (χ3v) is 1.95. The molecule has 1 unspecified atom stereocenters. The molecule has 0 heterocycles. The Hall–Kier alpha value is -0.710. The Morgan fingerprint density at radius 1 is 1.64 bits per heavy atom. The van der Waals surface area contributed by atoms with E-state index in [1.165, 1.54) is 7.05 Å². The quantitative estimate of drug-likeness (QED) is 0.592. The van der Waals surface area contributed by atoms with E-state index in [0.29, 0.717) is 0 Å². The fourth-order valence-corrected chi connectivity index (χ4v) is 1.06. The largest absolute Gasteiger partial charge is 0.467 e. The maximum absolute atomic E-state index is 12.5. The molecule has 1 aliphatic carbocycles. The SMILES string of the molecule is CNC1(C(=O)OC)CC1(F)F. The lowest BCUT2D eigenvalue weighted by Crippen LogP contribution is -2.43. The van der Waals surface area contributed by atoms with Crippen molar-refractivity contribution < 1.29 is 18.3 Å². The van der Waals surface area contributed by atoms with E-state index in [0.717, 1.165) is 7.11 Å². The van der Waals surface area contributed by atoms with Crippen molar-refractivity contribution in [2.75, 3.05) is 14.2 Å². The van der Waals surface area contributed by atoms with E-state index in [1.807, 2.05) is 0 Å². The third kappa shape index (κ3) is 0.910. The first-order chi connectivity index (χ1) is 5.00. The molecule has 1 rings (SSSR count). The predicted octanol–water partition coefficient (Wildman–Crippen LogP) is 0.157. The topological polar surface area (TPSA) is 38.3 Å². The van der Waals surface area contributed by atoms with Crippen LogP contribution in [0.5, 0.6) is 0 Å². The molecule has 0 spiro atoms. The van der Waals surface area contributed by atoms with E-state index in [4.69, 9.17) is 0 Å². The van der Waals surface area contributed by atoms with Crippen LogP contribution in [0, 0.1) is 0 Å². The molecule has 0 aromatic heterocycles. The monoisotopic (exact) mass is 165 g/mol. The molecule has 0 aromatic carbocycles. The molecule has 0 radical (unpaired) electrons. The average molecular weight is 165 g/mol. The van der Waals surface area contributed by atoms with Crippen molar-refractivity contribution in [2.45, 2.75) is 17.9 Å². The number of alkyl halides is 2. The molecule has 11 heavy (non-hydrogen) atoms. The first kappa shape index (κ1) is 8.39. The van der Waals surface area contributed by atoms with Crippen LogP contribution in [0.2, 0.25) is 0 Å². The fourth-order valence-electron chi connectivity index (χ4n) is 1.06. The summed E-state index contributed by atoms with van der Waals surface area (Å²) in [5.41, 5.74) is -1.75. The predicted molar refractivity (Wildman–Crippen MR) is 33.4 cm³/mol. The number of ether oxygens (including phenoxy) is 1. The molecule has 0 aromatic rings. The highest BCUT2D eigenvalue weighted by Crippen LogP contribution is 2.52. The van der Waals surface area contributed by atoms with E-state index >= 15 is 0 Å². The van der Waals surface area contributed by atoms with Crippen LogP contribution in [0.4, 0.5) is 8.78 Å². The van der Waals surface area contributed by atoms with Crippen LogP contribution in [-0.4, -0.2) is 31.6 Å². The van der Waals surface area contributed by atoms with Crippen LogP contribution in [0.25, 0.3) is 0 Å². The number of hydrogen-bond donors (Lipinski definition) is 1. The highest BCUT2D eigenvalue weighted by atomic mass is 19.3. The van der Waals surface area contributed by atoms with Crippen LogP contribution in [0.3, 0.4) is 0 Å². The van der Waals surface area contributed by atoms with E-state index in [1.54, 1.807) is 0 Å². The second kappa shape index (κ2) is 2.14. The Labute approximate surface area is 62.7 Å². The molecule has 0 amide bonds. The Morgan fingerprint density at radius 3 is 2.18 bits per heavy atom. The van der Waals surface area contributed by atoms with Crippen molar-refractivity contribution in [3.8, 4) is 0 Å². The fraction of sp³-hybridized carbons (Fsp3) is 0.833. The van der Waals surface area contributed by atoms with Crippen LogP contribution in [0.1, 0.15) is 6.42 Å². The van der Waals surface area contributed by atoms with Gasteiger partial charge in [0.2, 0.25) is 0 Å². The zero-order chi connectivity index (χ0) is 8.70. The van der Waals surface area contributed by atoms with Crippen LogP contribution in [0.15, 0.2) is 0 Å². The first-order valence-electron chi connectivity index (χ1n) is 3.15. The molecule has 64 valence electrons. The summed E-state index contributed by atoms with van der Waals surface area (Å²) in [6.07, 6.45) is -0.469. The summed E-state index contributed by atoms with van der Waals surface area (Å²) < 4.78 is 29.3. The molecule has 1 N–H and O–H groups in total. The van der Waals surface area contributed by atoms with Crippen molar-refractivity contribution in [1.29, 1.82) is 0 Å². The molecule has 1 fully saturated rings. The number of methoxy groups -OCH3 is 1. The van der Waals surface area contributed by atoms with Crippen molar-refractivity contribution in [3.05, 3.63) is 0 Å². The zero-order valence-electron chi connectivity index (χ0n) is 6.28. The minimum absolute atomic E-state index is 0.469. The van der Waals surface area contributed by atoms with Gasteiger partial charge < -0.3 is 4.74 Å². The van der Waals surface area contributed by atoms with Crippen LogP contribution < -0.4 is 5.32 Å². The molecule has 3 nitrogen and oxygen atoms in total. The number of carbonyl (C=O) groups excluding carboxylic acids is 1. The van der Waals surface area contributed by atoms with Crippen molar-refractivity contribution in [3.63, 3.8) is 0 Å². The molecule has 1 aliphatic rings. The van der Waals surface area contributed by atoms with Gasteiger partial charge in [-0.25, -0.2) is 13.6 Å². The van der Waals surface area contributed by atoms with E-state index in [-0.39, 0.29) is 0 Å². The Morgan fingerprint density at radius 2 is 2.09 bits per heavy atom. The maximum Gasteiger partial charge on any atom is 0.332 e. The van der Waals surface area contributed by atoms with Gasteiger partial charge in [0, 0.05) is 6.42 Å². The maximum atomic E-state index is 12.5. The smallest absolute Gasteiger partial charge is 0.332 e. The van der Waals surface area contributed by atoms with Crippen molar-refractivity contribution >= 4 is 5.97 Å². The summed E-state index contributed by atoms with van der Waals surface area (Å²) >= 11 is 0. The number of rotatable bonds is 2. The zero-order valence-corrected chi connectivity index (χ0v) is 6.28. The van der Waals surface area contributed by atoms with Gasteiger partial charge in [-0.1, -0.05) is 0 Å². The van der Waals surface area contributed by atoms with Gasteiger partial charge in [0.1, 0.15) is 0 Å². The van der Waals surface area contributed by atoms with Gasteiger partial charge in [0.05, 0.1) is 7.11 Å². The minimum Gasteiger partial charge on any atom is -0.467 e. The number of hydrogen-bond acceptors (Lipinski definition) is 3. The molecule has 0 aliphatic heterocycles. The van der Waals surface area contributed by atoms with Crippen LogP contribution in [-0.2, 0) is 9.53 Å². The summed E-state index contributed by atoms with van der Waals surface area (Å²) in [5.74, 6) is -3.85. The third-order valence-electron chi connectivity index (χ3n) is 1.95. The lowest BCUT2D eigenvalue weighted by Gasteiger charge is -2.11. The average Bonchev–Trinajstić information content (AvgIpc) is 2.53. The highest BCUT2D eigenvalue weighted by Gasteiger charge is 2.76. The summed E-state index contributed by atoms with van der Waals surface area (Å²) in [4.78, 5) is 10.8. The molecule has 1 saturated carbocycles. The summed E-state index contributed by atoms with van der Waals surface area (Å²) in [5, 5.41) is 2.27. The lowest BCUT2D eigenvalue weighted by molar-refractivity contribution is -0.147. The normalized spacial score (nSPS) is 33.1. The molecule has 0 bridgehead atoms. The van der Waals surface area contributed by atoms with Gasteiger partial charge in [-0.2, -0.15) is 0 Å². The van der Waals surface area contributed by atoms with Gasteiger partial charge >= 0.3 is 5.97 Å². The molecule has 0 saturated heterocycles. The summed E-state index contributed by atoms with van der Waals surface area (Å²) in [6.45, 7) is 0. The van der Waals surface area contributed by atoms with Crippen molar-refractivity contribution in [1.82, 2.24) is 5.32 Å². The number of nitrogens with one attached hydrogen (secondary N) is 1. The van der Waals surface area contributed by atoms with Crippen molar-refractivity contribution in [2.24, 2.45) is 0 Å². The van der Waals surface area contributed by atoms with E-state index < -0.39 is 23.9 Å². The van der Waals surface area contributed by atoms with E-state index in [9.17, 15) is 13.6 Å². The Bertz CT molecular complexity index is 195. The molecule has 1 atom stereocenters. The number of esters is 1. The number of halogens is 2. The second-order valence-electron chi connectivity index (χ2n) is 2.53. The van der Waals surface area contributed by atoms with Gasteiger partial charge in [0.15, 0.2) is 5.54 Å². The second-order valence-corrected chi connectivity index (χ2v) is 2.53. The number of likely N-dealkylation sites (N-methyl/N-ethyl adjacent to an activating group) is 1. The van der Waals surface area contributed by atoms with Crippen LogP contribution >= 0.6 is 0 Å². The van der Waals surface area contributed by atoms with Gasteiger partial charge in [0.25, 0.3) is 5.92 Å². The summed E-state index contributed by atoms with van der Waals surface area (Å²) in [6, 6.07) is 0. The van der Waals surface area contributed by atoms with Gasteiger partial charge in [-0.3, -0.25) is 5.32 Å². The number of carbonyl (C=O) groups is 1. The summed E-state index contributed by atoms with van der Waals surface area (Å²) in [7, 11) is 2.41. The Kier molecular flexibility index (Phi) is 1.63. The van der Waals surface area contributed by atoms with Gasteiger partial charge in [-0.05, 0) is 7.05 Å². The van der Waals surface area contributed by atoms with E-state index in [2.05, 4.69) is 10.1 Å². The highest BCUT2D eigenvalue weighted by molar-refractivity contribution is 5.86. The molecular formula is C6H9F2NO2. The molecular weight excluding hydrogens is 156 g/mol. The van der Waals surface area contributed by atoms with Gasteiger partial charge in [-0.15, -0.1) is 0 Å². The molecule has 5 heteroatoms. The first-order valence-corrected chi connectivity index (χ1v) is 3.15. The Balaban J connectivity index is 2.75. The standard InChI is InChI=1S/C6H9F2NO2/c1-9-5(4(10)11-2)3-6(5,7)8/h9H,3H2,1-2H3. The minimum atomic E-state index is -2.95.